The molecule has 30 heavy (non-hydrogen) atoms. The van der Waals surface area contributed by atoms with Gasteiger partial charge in [-0.15, -0.1) is 22.9 Å². The normalized spacial score (nSPS) is 11.2. The molecule has 0 aliphatic heterocycles. The van der Waals surface area contributed by atoms with Gasteiger partial charge in [-0.3, -0.25) is 0 Å². The summed E-state index contributed by atoms with van der Waals surface area (Å²) in [6, 6.07) is 13.7. The first kappa shape index (κ1) is 22.2. The molecule has 5 nitrogen and oxygen atoms in total. The quantitative estimate of drug-likeness (QED) is 0.430. The molecule has 3 aromatic rings. The molecule has 0 unspecified atom stereocenters. The molecule has 0 bridgehead atoms. The highest BCUT2D eigenvalue weighted by molar-refractivity contribution is 7.09. The van der Waals surface area contributed by atoms with Gasteiger partial charge in [0.05, 0.1) is 16.5 Å². The number of hydrogen-bond donors (Lipinski definition) is 1. The van der Waals surface area contributed by atoms with E-state index in [1.165, 1.54) is 11.3 Å². The van der Waals surface area contributed by atoms with Crippen LogP contribution in [0.25, 0.3) is 0 Å². The zero-order chi connectivity index (χ0) is 21.7. The first-order valence-electron chi connectivity index (χ1n) is 9.21. The van der Waals surface area contributed by atoms with E-state index in [2.05, 4.69) is 24.9 Å². The molecule has 0 atom stereocenters. The monoisotopic (exact) mass is 461 g/mol. The molecule has 0 aliphatic rings. The lowest BCUT2D eigenvalue weighted by Gasteiger charge is -2.27. The van der Waals surface area contributed by atoms with E-state index in [1.807, 2.05) is 36.4 Å². The summed E-state index contributed by atoms with van der Waals surface area (Å²) in [5, 5.41) is 12.6. The minimum atomic E-state index is -0.386. The fraction of sp³-hybridized carbons (Fsp3) is 0.273. The number of aromatic nitrogens is 1. The zero-order valence-corrected chi connectivity index (χ0v) is 18.9. The minimum absolute atomic E-state index is 0.285. The van der Waals surface area contributed by atoms with E-state index < -0.39 is 0 Å². The van der Waals surface area contributed by atoms with Gasteiger partial charge in [-0.2, -0.15) is 5.26 Å². The predicted octanol–water partition coefficient (Wildman–Crippen LogP) is 5.77. The third-order valence-corrected chi connectivity index (χ3v) is 5.99. The number of ether oxygens (including phenoxy) is 2. The average Bonchev–Trinajstić information content (AvgIpc) is 3.16. The molecule has 156 valence electrons. The maximum atomic E-state index is 9.54. The van der Waals surface area contributed by atoms with Crippen molar-refractivity contribution in [3.8, 4) is 17.6 Å². The molecule has 8 heteroatoms. The molecule has 3 rings (SSSR count). The highest BCUT2D eigenvalue weighted by atomic mass is 35.5. The van der Waals surface area contributed by atoms with Gasteiger partial charge in [-0.1, -0.05) is 37.6 Å². The van der Waals surface area contributed by atoms with Gasteiger partial charge in [0, 0.05) is 10.8 Å². The molecule has 2 N–H and O–H groups in total. The Labute approximate surface area is 190 Å². The Balaban J connectivity index is 1.80. The Bertz CT molecular complexity index is 1060. The molecule has 0 saturated heterocycles. The van der Waals surface area contributed by atoms with E-state index in [9.17, 15) is 5.26 Å². The third-order valence-electron chi connectivity index (χ3n) is 4.72. The van der Waals surface area contributed by atoms with Crippen molar-refractivity contribution in [1.82, 2.24) is 4.98 Å². The van der Waals surface area contributed by atoms with E-state index in [1.54, 1.807) is 5.38 Å². The van der Waals surface area contributed by atoms with Gasteiger partial charge in [-0.05, 0) is 35.4 Å². The van der Waals surface area contributed by atoms with Gasteiger partial charge in [0.1, 0.15) is 35.9 Å². The summed E-state index contributed by atoms with van der Waals surface area (Å²) in [5.74, 6) is 1.93. The van der Waals surface area contributed by atoms with E-state index in [4.69, 9.17) is 38.4 Å². The van der Waals surface area contributed by atoms with Gasteiger partial charge in [0.25, 0.3) is 0 Å². The van der Waals surface area contributed by atoms with Crippen LogP contribution in [0.2, 0.25) is 5.02 Å². The summed E-state index contributed by atoms with van der Waals surface area (Å²) in [6.45, 7) is 4.81. The van der Waals surface area contributed by atoms with Crippen LogP contribution in [0.5, 0.6) is 11.5 Å². The number of hydrogen-bond acceptors (Lipinski definition) is 6. The van der Waals surface area contributed by atoms with Crippen LogP contribution in [0.4, 0.5) is 5.82 Å². The number of alkyl halides is 1. The first-order valence-corrected chi connectivity index (χ1v) is 11.0. The van der Waals surface area contributed by atoms with Crippen molar-refractivity contribution in [2.45, 2.75) is 25.9 Å². The van der Waals surface area contributed by atoms with Gasteiger partial charge in [-0.25, -0.2) is 4.98 Å². The second-order valence-electron chi connectivity index (χ2n) is 7.09. The molecule has 0 fully saturated rings. The lowest BCUT2D eigenvalue weighted by molar-refractivity contribution is 0.305. The summed E-state index contributed by atoms with van der Waals surface area (Å²) in [5.41, 5.74) is 7.61. The number of rotatable bonds is 8. The van der Waals surface area contributed by atoms with E-state index >= 15 is 0 Å². The summed E-state index contributed by atoms with van der Waals surface area (Å²) in [7, 11) is 0. The summed E-state index contributed by atoms with van der Waals surface area (Å²) < 4.78 is 11.3. The Morgan fingerprint density at radius 1 is 1.17 bits per heavy atom. The van der Waals surface area contributed by atoms with E-state index in [0.717, 1.165) is 21.9 Å². The number of nitrogens with two attached hydrogens (primary N) is 1. The molecule has 0 amide bonds. The van der Waals surface area contributed by atoms with Crippen LogP contribution < -0.4 is 15.2 Å². The SMILES string of the molecule is CC(C)(c1ccc(OCc2nc(N)cs2)cc1)c1cc(Cl)c(OCCCl)c(C#N)c1. The molecule has 0 spiro atoms. The number of nitrogens with zero attached hydrogens (tertiary/aromatic N) is 2. The van der Waals surface area contributed by atoms with Crippen molar-refractivity contribution in [1.29, 1.82) is 5.26 Å². The minimum Gasteiger partial charge on any atom is -0.489 e. The fourth-order valence-electron chi connectivity index (χ4n) is 3.00. The maximum Gasteiger partial charge on any atom is 0.155 e. The Kier molecular flexibility index (Phi) is 7.09. The maximum absolute atomic E-state index is 9.54. The molecular weight excluding hydrogens is 441 g/mol. The summed E-state index contributed by atoms with van der Waals surface area (Å²) in [4.78, 5) is 4.19. The topological polar surface area (TPSA) is 81.2 Å². The number of nitrogen functional groups attached to an aromatic ring is 1. The lowest BCUT2D eigenvalue weighted by Crippen LogP contribution is -2.19. The van der Waals surface area contributed by atoms with Crippen molar-refractivity contribution in [2.24, 2.45) is 0 Å². The summed E-state index contributed by atoms with van der Waals surface area (Å²) in [6.07, 6.45) is 0. The van der Waals surface area contributed by atoms with E-state index in [-0.39, 0.29) is 12.0 Å². The second-order valence-corrected chi connectivity index (χ2v) is 8.82. The molecule has 0 radical (unpaired) electrons. The van der Waals surface area contributed by atoms with Gasteiger partial charge < -0.3 is 15.2 Å². The van der Waals surface area contributed by atoms with Crippen LogP contribution in [-0.2, 0) is 12.0 Å². The van der Waals surface area contributed by atoms with E-state index in [0.29, 0.717) is 34.6 Å². The molecule has 2 aromatic carbocycles. The van der Waals surface area contributed by atoms with Crippen molar-refractivity contribution in [3.05, 3.63) is 68.5 Å². The number of halogens is 2. The second kappa shape index (κ2) is 9.57. The van der Waals surface area contributed by atoms with Crippen LogP contribution in [0.1, 0.15) is 35.5 Å². The van der Waals surface area contributed by atoms with Crippen LogP contribution in [0.15, 0.2) is 41.8 Å². The molecule has 1 aromatic heterocycles. The largest absolute Gasteiger partial charge is 0.489 e. The predicted molar refractivity (Wildman–Crippen MR) is 122 cm³/mol. The Morgan fingerprint density at radius 3 is 2.50 bits per heavy atom. The van der Waals surface area contributed by atoms with Gasteiger partial charge in [0.2, 0.25) is 0 Å². The fourth-order valence-corrected chi connectivity index (χ4v) is 3.94. The highest BCUT2D eigenvalue weighted by Gasteiger charge is 2.26. The average molecular weight is 462 g/mol. The first-order chi connectivity index (χ1) is 14.3. The standard InChI is InChI=1S/C22H21Cl2N3O2S/c1-22(2,16-9-14(11-25)21(18(24)10-16)28-8-7-23)15-3-5-17(6-4-15)29-12-20-27-19(26)13-30-20/h3-6,9-10,13H,7-8,12,26H2,1-2H3. The molecule has 1 heterocycles. The molecule has 0 saturated carbocycles. The molecular formula is C22H21Cl2N3O2S. The van der Waals surface area contributed by atoms with Gasteiger partial charge >= 0.3 is 0 Å². The lowest BCUT2D eigenvalue weighted by atomic mass is 9.77. The van der Waals surface area contributed by atoms with Crippen LogP contribution >= 0.6 is 34.5 Å². The van der Waals surface area contributed by atoms with Crippen molar-refractivity contribution >= 4 is 40.4 Å². The number of thiazole rings is 1. The number of benzene rings is 2. The smallest absolute Gasteiger partial charge is 0.155 e. The van der Waals surface area contributed by atoms with Gasteiger partial charge in [0.15, 0.2) is 5.75 Å². The number of nitriles is 1. The number of anilines is 1. The van der Waals surface area contributed by atoms with Crippen molar-refractivity contribution in [3.63, 3.8) is 0 Å². The summed E-state index contributed by atoms with van der Waals surface area (Å²) >= 11 is 13.6. The van der Waals surface area contributed by atoms with Crippen LogP contribution in [0, 0.1) is 11.3 Å². The Hall–Kier alpha value is -2.46. The Morgan fingerprint density at radius 2 is 1.90 bits per heavy atom. The molecule has 0 aliphatic carbocycles. The highest BCUT2D eigenvalue weighted by Crippen LogP contribution is 2.38. The third kappa shape index (κ3) is 4.99. The van der Waals surface area contributed by atoms with Crippen molar-refractivity contribution in [2.75, 3.05) is 18.2 Å². The van der Waals surface area contributed by atoms with Crippen molar-refractivity contribution < 1.29 is 9.47 Å². The van der Waals surface area contributed by atoms with Crippen LogP contribution in [-0.4, -0.2) is 17.5 Å². The van der Waals surface area contributed by atoms with Crippen LogP contribution in [0.3, 0.4) is 0 Å². The zero-order valence-electron chi connectivity index (χ0n) is 16.6.